The summed E-state index contributed by atoms with van der Waals surface area (Å²) in [4.78, 5) is -0.988. The Hall–Kier alpha value is -1.14. The summed E-state index contributed by atoms with van der Waals surface area (Å²) < 4.78 is 137. The molecule has 4 nitrogen and oxygen atoms in total. The van der Waals surface area contributed by atoms with Gasteiger partial charge in [0.1, 0.15) is 0 Å². The van der Waals surface area contributed by atoms with Gasteiger partial charge >= 0.3 is 16.4 Å². The zero-order chi connectivity index (χ0) is 28.6. The van der Waals surface area contributed by atoms with Crippen LogP contribution in [0.4, 0.5) is 26.3 Å². The molecule has 3 fully saturated rings. The van der Waals surface area contributed by atoms with Gasteiger partial charge in [0.25, 0.3) is 9.84 Å². The van der Waals surface area contributed by atoms with Crippen LogP contribution in [0.3, 0.4) is 0 Å². The van der Waals surface area contributed by atoms with E-state index in [-0.39, 0.29) is 17.0 Å². The molecule has 1 atom stereocenters. The van der Waals surface area contributed by atoms with E-state index in [4.69, 9.17) is 0 Å². The Morgan fingerprint density at radius 2 is 1.03 bits per heavy atom. The van der Waals surface area contributed by atoms with Crippen LogP contribution in [0, 0.1) is 0 Å². The molecule has 3 aliphatic carbocycles. The first-order chi connectivity index (χ1) is 18.2. The Morgan fingerprint density at radius 3 is 1.38 bits per heavy atom. The molecule has 0 aromatic heterocycles. The summed E-state index contributed by atoms with van der Waals surface area (Å²) in [5.41, 5.74) is 0.789. The summed E-state index contributed by atoms with van der Waals surface area (Å²) in [5, 5.41) is -12.7. The molecular weight excluding hydrogens is 566 g/mol. The molecule has 0 heterocycles. The van der Waals surface area contributed by atoms with Crippen LogP contribution in [-0.2, 0) is 20.9 Å². The third-order valence-corrected chi connectivity index (χ3v) is 11.5. The summed E-state index contributed by atoms with van der Waals surface area (Å²) in [7, 11) is -6.46. The van der Waals surface area contributed by atoms with E-state index in [9.17, 15) is 34.7 Å². The Bertz CT molecular complexity index is 1110. The van der Waals surface area contributed by atoms with Gasteiger partial charge in [-0.3, -0.25) is 4.21 Å². The standard InChI is InChI=1S/C27H36F6O4S2/c28-25(29,26(30,31)38(34)35)27(32,33)39(36,37)24-22(19-12-6-2-7-13-19)16-21(18-10-4-1-5-11-18)17-23(24)20-14-8-3-9-15-20/h16-20H,1-15H2,(H,34,35)/p-1. The number of benzene rings is 1. The van der Waals surface area contributed by atoms with Crippen LogP contribution in [0.1, 0.15) is 131 Å². The van der Waals surface area contributed by atoms with E-state index < -0.39 is 54.1 Å². The van der Waals surface area contributed by atoms with Crippen molar-refractivity contribution >= 4 is 20.9 Å². The highest BCUT2D eigenvalue weighted by Gasteiger charge is 2.78. The Balaban J connectivity index is 1.98. The second kappa shape index (κ2) is 11.6. The second-order valence-corrected chi connectivity index (χ2v) is 14.3. The number of sulfone groups is 1. The first-order valence-electron chi connectivity index (χ1n) is 13.9. The van der Waals surface area contributed by atoms with E-state index in [1.54, 1.807) is 12.1 Å². The highest BCUT2D eigenvalue weighted by atomic mass is 32.2. The summed E-state index contributed by atoms with van der Waals surface area (Å²) in [6.07, 6.45) is 10.9. The van der Waals surface area contributed by atoms with Gasteiger partial charge in [0.2, 0.25) is 0 Å². The molecular formula is C27H35F6O4S2-. The van der Waals surface area contributed by atoms with Crippen molar-refractivity contribution in [1.29, 1.82) is 0 Å². The third kappa shape index (κ3) is 5.55. The number of hydrogen-bond donors (Lipinski definition) is 0. The van der Waals surface area contributed by atoms with E-state index in [1.807, 2.05) is 0 Å². The van der Waals surface area contributed by atoms with Crippen molar-refractivity contribution in [2.75, 3.05) is 0 Å². The fourth-order valence-corrected chi connectivity index (χ4v) is 8.88. The van der Waals surface area contributed by atoms with Crippen molar-refractivity contribution in [2.24, 2.45) is 0 Å². The van der Waals surface area contributed by atoms with Crippen LogP contribution in [0.25, 0.3) is 0 Å². The van der Waals surface area contributed by atoms with Crippen molar-refractivity contribution in [3.63, 3.8) is 0 Å². The minimum atomic E-state index is -6.69. The smallest absolute Gasteiger partial charge is 0.418 e. The topological polar surface area (TPSA) is 74.3 Å². The lowest BCUT2D eigenvalue weighted by molar-refractivity contribution is -0.244. The average Bonchev–Trinajstić information content (AvgIpc) is 2.93. The van der Waals surface area contributed by atoms with Crippen LogP contribution in [-0.4, -0.2) is 33.6 Å². The Morgan fingerprint density at radius 1 is 0.667 bits per heavy atom. The molecule has 12 heteroatoms. The van der Waals surface area contributed by atoms with Crippen LogP contribution in [0.2, 0.25) is 0 Å². The maximum absolute atomic E-state index is 15.4. The molecule has 4 rings (SSSR count). The number of hydrogen-bond acceptors (Lipinski definition) is 4. The van der Waals surface area contributed by atoms with Crippen LogP contribution < -0.4 is 0 Å². The van der Waals surface area contributed by atoms with Crippen molar-refractivity contribution < 1.29 is 43.5 Å². The lowest BCUT2D eigenvalue weighted by Crippen LogP contribution is -2.59. The first kappa shape index (κ1) is 30.8. The van der Waals surface area contributed by atoms with Crippen molar-refractivity contribution in [3.05, 3.63) is 28.8 Å². The quantitative estimate of drug-likeness (QED) is 0.222. The van der Waals surface area contributed by atoms with E-state index in [0.717, 1.165) is 50.5 Å². The van der Waals surface area contributed by atoms with E-state index in [2.05, 4.69) is 0 Å². The molecule has 1 aromatic carbocycles. The zero-order valence-electron chi connectivity index (χ0n) is 21.7. The fraction of sp³-hybridized carbons (Fsp3) is 0.778. The third-order valence-electron chi connectivity index (χ3n) is 8.88. The molecule has 3 aliphatic rings. The SMILES string of the molecule is O=S([O-])C(F)(F)C(F)(F)C(F)(F)S(=O)(=O)c1c(C2CCCCC2)cc(C2CCCCC2)cc1C1CCCCC1. The highest BCUT2D eigenvalue weighted by Crippen LogP contribution is 2.54. The maximum Gasteiger partial charge on any atom is 0.418 e. The second-order valence-electron chi connectivity index (χ2n) is 11.4. The molecule has 0 saturated heterocycles. The molecule has 3 saturated carbocycles. The molecule has 0 amide bonds. The lowest BCUT2D eigenvalue weighted by Gasteiger charge is -2.36. The minimum Gasteiger partial charge on any atom is -0.768 e. The lowest BCUT2D eigenvalue weighted by atomic mass is 9.76. The molecule has 0 N–H and O–H groups in total. The van der Waals surface area contributed by atoms with E-state index in [1.165, 1.54) is 0 Å². The molecule has 0 aliphatic heterocycles. The van der Waals surface area contributed by atoms with Gasteiger partial charge < -0.3 is 4.55 Å². The van der Waals surface area contributed by atoms with Gasteiger partial charge in [-0.1, -0.05) is 69.9 Å². The molecule has 0 radical (unpaired) electrons. The molecule has 1 aromatic rings. The predicted molar refractivity (Wildman–Crippen MR) is 135 cm³/mol. The van der Waals surface area contributed by atoms with Gasteiger partial charge in [0, 0.05) is 11.1 Å². The zero-order valence-corrected chi connectivity index (χ0v) is 23.3. The van der Waals surface area contributed by atoms with Gasteiger partial charge in [0.15, 0.2) is 0 Å². The van der Waals surface area contributed by atoms with Gasteiger partial charge in [-0.05, 0) is 73.0 Å². The van der Waals surface area contributed by atoms with Gasteiger partial charge in [-0.25, -0.2) is 8.42 Å². The summed E-state index contributed by atoms with van der Waals surface area (Å²) in [6.45, 7) is 0. The van der Waals surface area contributed by atoms with Gasteiger partial charge in [-0.2, -0.15) is 26.3 Å². The maximum atomic E-state index is 15.4. The Kier molecular flexibility index (Phi) is 9.18. The summed E-state index contributed by atoms with van der Waals surface area (Å²) in [6, 6.07) is 3.09. The van der Waals surface area contributed by atoms with E-state index >= 15 is 8.78 Å². The first-order valence-corrected chi connectivity index (χ1v) is 16.4. The minimum absolute atomic E-state index is 0.000356. The fourth-order valence-electron chi connectivity index (χ4n) is 6.69. The number of alkyl halides is 6. The van der Waals surface area contributed by atoms with Crippen molar-refractivity contribution in [3.8, 4) is 0 Å². The molecule has 1 unspecified atom stereocenters. The monoisotopic (exact) mass is 601 g/mol. The molecule has 0 bridgehead atoms. The number of halogens is 6. The van der Waals surface area contributed by atoms with Gasteiger partial charge in [-0.15, -0.1) is 0 Å². The van der Waals surface area contributed by atoms with Crippen LogP contribution in [0.15, 0.2) is 17.0 Å². The summed E-state index contributed by atoms with van der Waals surface area (Å²) >= 11 is -4.99. The normalized spacial score (nSPS) is 22.6. The average molecular weight is 602 g/mol. The predicted octanol–water partition coefficient (Wildman–Crippen LogP) is 8.30. The molecule has 222 valence electrons. The van der Waals surface area contributed by atoms with E-state index in [0.29, 0.717) is 51.4 Å². The highest BCUT2D eigenvalue weighted by molar-refractivity contribution is 7.92. The van der Waals surface area contributed by atoms with Gasteiger partial charge in [0.05, 0.1) is 4.90 Å². The molecule has 0 spiro atoms. The van der Waals surface area contributed by atoms with Crippen LogP contribution in [0.5, 0.6) is 0 Å². The summed E-state index contributed by atoms with van der Waals surface area (Å²) in [5.74, 6) is -7.64. The Labute approximate surface area is 228 Å². The van der Waals surface area contributed by atoms with Crippen molar-refractivity contribution in [1.82, 2.24) is 0 Å². The number of rotatable bonds is 8. The van der Waals surface area contributed by atoms with Crippen LogP contribution >= 0.6 is 0 Å². The largest absolute Gasteiger partial charge is 0.768 e. The van der Waals surface area contributed by atoms with Crippen molar-refractivity contribution in [2.45, 2.75) is 135 Å². The molecule has 39 heavy (non-hydrogen) atoms.